The van der Waals surface area contributed by atoms with Crippen LogP contribution in [0.3, 0.4) is 0 Å². The summed E-state index contributed by atoms with van der Waals surface area (Å²) < 4.78 is 34.8. The van der Waals surface area contributed by atoms with Crippen molar-refractivity contribution in [3.63, 3.8) is 0 Å². The largest absolute Gasteiger partial charge is 0.301 e. The van der Waals surface area contributed by atoms with Crippen molar-refractivity contribution in [2.75, 3.05) is 0 Å². The lowest BCUT2D eigenvalue weighted by molar-refractivity contribution is 0.373. The second-order valence-electron chi connectivity index (χ2n) is 2.37. The molecule has 59 valence electrons. The lowest BCUT2D eigenvalue weighted by atomic mass is 10.4. The maximum atomic E-state index is 12.0. The number of hydrogen-bond acceptors (Lipinski definition) is 0. The molecule has 4 heteroatoms. The minimum Gasteiger partial charge on any atom is -0.206 e. The Morgan fingerprint density at radius 1 is 1.20 bits per heavy atom. The molecule has 0 nitrogen and oxygen atoms in total. The van der Waals surface area contributed by atoms with Crippen LogP contribution in [-0.4, -0.2) is 8.80 Å². The average molecular weight is 167 g/mol. The molecule has 0 spiro atoms. The third-order valence-corrected chi connectivity index (χ3v) is 2.30. The second kappa shape index (κ2) is 4.55. The van der Waals surface area contributed by atoms with Crippen LogP contribution in [-0.2, 0) is 0 Å². The van der Waals surface area contributed by atoms with Gasteiger partial charge in [0.2, 0.25) is 0 Å². The minimum absolute atomic E-state index is 0.0936. The summed E-state index contributed by atoms with van der Waals surface area (Å²) in [6.07, 6.45) is -2.26. The second-order valence-corrected chi connectivity index (χ2v) is 5.29. The molecule has 0 heterocycles. The number of allylic oxidation sites excluding steroid dienone is 1. The fourth-order valence-electron chi connectivity index (χ4n) is 0.454. The van der Waals surface area contributed by atoms with E-state index in [-0.39, 0.29) is 6.42 Å². The molecule has 0 aliphatic heterocycles. The van der Waals surface area contributed by atoms with E-state index in [4.69, 9.17) is 0 Å². The van der Waals surface area contributed by atoms with Crippen molar-refractivity contribution >= 4 is 8.80 Å². The molecule has 0 amide bonds. The maximum absolute atomic E-state index is 12.0. The first-order chi connectivity index (χ1) is 4.54. The smallest absolute Gasteiger partial charge is 0.206 e. The van der Waals surface area contributed by atoms with Crippen molar-refractivity contribution in [1.82, 2.24) is 0 Å². The van der Waals surface area contributed by atoms with Crippen LogP contribution in [0.4, 0.5) is 13.2 Å². The lowest BCUT2D eigenvalue weighted by Gasteiger charge is -1.98. The van der Waals surface area contributed by atoms with Crippen LogP contribution in [0.15, 0.2) is 11.9 Å². The summed E-state index contributed by atoms with van der Waals surface area (Å²) in [6, 6.07) is 0.577. The third kappa shape index (κ3) is 4.61. The summed E-state index contributed by atoms with van der Waals surface area (Å²) in [6.45, 7) is 3.93. The van der Waals surface area contributed by atoms with Gasteiger partial charge in [-0.1, -0.05) is 19.1 Å². The molecule has 0 aromatic heterocycles. The van der Waals surface area contributed by atoms with E-state index in [0.717, 1.165) is 0 Å². The highest BCUT2D eigenvalue weighted by atomic mass is 28.3. The van der Waals surface area contributed by atoms with Gasteiger partial charge < -0.3 is 0 Å². The predicted molar refractivity (Wildman–Crippen MR) is 37.3 cm³/mol. The Labute approximate surface area is 60.3 Å². The molecule has 0 aliphatic carbocycles. The van der Waals surface area contributed by atoms with Gasteiger partial charge in [0.25, 0.3) is 0 Å². The number of rotatable bonds is 3. The minimum atomic E-state index is -2.16. The van der Waals surface area contributed by atoms with Crippen LogP contribution in [0.5, 0.6) is 0 Å². The zero-order valence-electron chi connectivity index (χ0n) is 6.05. The Morgan fingerprint density at radius 2 is 1.70 bits per heavy atom. The summed E-state index contributed by atoms with van der Waals surface area (Å²) in [5, 5.41) is 0. The van der Waals surface area contributed by atoms with E-state index in [9.17, 15) is 13.2 Å². The summed E-state index contributed by atoms with van der Waals surface area (Å²) >= 11 is 0. The Hall–Kier alpha value is -0.253. The van der Waals surface area contributed by atoms with E-state index >= 15 is 0 Å². The first kappa shape index (κ1) is 9.75. The summed E-state index contributed by atoms with van der Waals surface area (Å²) in [7, 11) is -0.570. The van der Waals surface area contributed by atoms with Gasteiger partial charge in [-0.15, -0.1) is 0 Å². The highest BCUT2D eigenvalue weighted by Crippen LogP contribution is 2.16. The van der Waals surface area contributed by atoms with E-state index in [0.29, 0.717) is 6.04 Å². The van der Waals surface area contributed by atoms with Gasteiger partial charge in [-0.3, -0.25) is 0 Å². The summed E-state index contributed by atoms with van der Waals surface area (Å²) in [5.41, 5.74) is 0. The van der Waals surface area contributed by atoms with Crippen LogP contribution >= 0.6 is 0 Å². The van der Waals surface area contributed by atoms with Crippen LogP contribution < -0.4 is 0 Å². The maximum Gasteiger partial charge on any atom is 0.301 e. The predicted octanol–water partition coefficient (Wildman–Crippen LogP) is 3.21. The van der Waals surface area contributed by atoms with E-state index in [1.54, 1.807) is 0 Å². The van der Waals surface area contributed by atoms with E-state index in [1.807, 2.05) is 13.1 Å². The molecule has 0 N–H and O–H groups in total. The molecule has 10 heavy (non-hydrogen) atoms. The molecule has 0 aromatic carbocycles. The van der Waals surface area contributed by atoms with Crippen molar-refractivity contribution in [2.45, 2.75) is 25.6 Å². The zero-order chi connectivity index (χ0) is 8.15. The lowest BCUT2D eigenvalue weighted by Crippen LogP contribution is -1.98. The molecule has 1 radical (unpaired) electrons. The third-order valence-electron chi connectivity index (χ3n) is 1.05. The van der Waals surface area contributed by atoms with Gasteiger partial charge in [0, 0.05) is 15.2 Å². The summed E-state index contributed by atoms with van der Waals surface area (Å²) in [4.78, 5) is 0. The van der Waals surface area contributed by atoms with Crippen LogP contribution in [0.25, 0.3) is 0 Å². The molecule has 0 rings (SSSR count). The van der Waals surface area contributed by atoms with E-state index < -0.39 is 20.7 Å². The van der Waals surface area contributed by atoms with Gasteiger partial charge in [0.15, 0.2) is 5.83 Å². The molecule has 0 fully saturated rings. The Kier molecular flexibility index (Phi) is 4.43. The standard InChI is InChI=1S/C6H10F3Si/c1-10(2)4-3-5(7)6(8)9/h3-4H2,1-2H3. The Balaban J connectivity index is 3.60. The quantitative estimate of drug-likeness (QED) is 0.566. The average Bonchev–Trinajstić information content (AvgIpc) is 1.82. The first-order valence-corrected chi connectivity index (χ1v) is 5.73. The summed E-state index contributed by atoms with van der Waals surface area (Å²) in [5.74, 6) is -1.24. The van der Waals surface area contributed by atoms with Crippen LogP contribution in [0.1, 0.15) is 6.42 Å². The molecule has 0 atom stereocenters. The first-order valence-electron chi connectivity index (χ1n) is 3.02. The molecular formula is C6H10F3Si. The van der Waals surface area contributed by atoms with Gasteiger partial charge >= 0.3 is 6.08 Å². The highest BCUT2D eigenvalue weighted by Gasteiger charge is 2.05. The Morgan fingerprint density at radius 3 is 2.00 bits per heavy atom. The van der Waals surface area contributed by atoms with Gasteiger partial charge in [-0.05, 0) is 0 Å². The topological polar surface area (TPSA) is 0 Å². The van der Waals surface area contributed by atoms with Gasteiger partial charge in [-0.25, -0.2) is 4.39 Å². The van der Waals surface area contributed by atoms with Crippen molar-refractivity contribution < 1.29 is 13.2 Å². The molecule has 0 bridgehead atoms. The number of hydrogen-bond donors (Lipinski definition) is 0. The van der Waals surface area contributed by atoms with E-state index in [1.165, 1.54) is 0 Å². The van der Waals surface area contributed by atoms with E-state index in [2.05, 4.69) is 0 Å². The molecule has 0 unspecified atom stereocenters. The van der Waals surface area contributed by atoms with Crippen molar-refractivity contribution in [3.8, 4) is 0 Å². The fraction of sp³-hybridized carbons (Fsp3) is 0.667. The SMILES string of the molecule is C[Si](C)CCC(F)=C(F)F. The van der Waals surface area contributed by atoms with Crippen molar-refractivity contribution in [1.29, 1.82) is 0 Å². The van der Waals surface area contributed by atoms with Gasteiger partial charge in [0.05, 0.1) is 0 Å². The van der Waals surface area contributed by atoms with Crippen LogP contribution in [0.2, 0.25) is 19.1 Å². The van der Waals surface area contributed by atoms with Crippen molar-refractivity contribution in [2.24, 2.45) is 0 Å². The molecule has 0 saturated heterocycles. The Bertz CT molecular complexity index is 127. The molecule has 0 aromatic rings. The molecule has 0 aliphatic rings. The number of halogens is 3. The van der Waals surface area contributed by atoms with Gasteiger partial charge in [0.1, 0.15) is 0 Å². The zero-order valence-corrected chi connectivity index (χ0v) is 7.05. The highest BCUT2D eigenvalue weighted by molar-refractivity contribution is 6.55. The fourth-order valence-corrected chi connectivity index (χ4v) is 1.17. The van der Waals surface area contributed by atoms with Crippen molar-refractivity contribution in [3.05, 3.63) is 11.9 Å². The monoisotopic (exact) mass is 167 g/mol. The van der Waals surface area contributed by atoms with Gasteiger partial charge in [-0.2, -0.15) is 8.78 Å². The van der Waals surface area contributed by atoms with Crippen LogP contribution in [0, 0.1) is 0 Å². The normalized spacial score (nSPS) is 10.2. The molecule has 0 saturated carbocycles. The molecular weight excluding hydrogens is 157 g/mol.